The molecule has 0 unspecified atom stereocenters. The van der Waals surface area contributed by atoms with Crippen LogP contribution >= 0.6 is 15.9 Å². The van der Waals surface area contributed by atoms with E-state index in [-0.39, 0.29) is 12.1 Å². The summed E-state index contributed by atoms with van der Waals surface area (Å²) in [5.74, 6) is 0. The number of carbonyl (C=O) groups excluding carboxylic acids is 1. The van der Waals surface area contributed by atoms with E-state index in [0.29, 0.717) is 0 Å². The quantitative estimate of drug-likeness (QED) is 0.890. The van der Waals surface area contributed by atoms with Crippen LogP contribution in [0.1, 0.15) is 24.2 Å². The highest BCUT2D eigenvalue weighted by Crippen LogP contribution is 2.20. The van der Waals surface area contributed by atoms with Crippen molar-refractivity contribution in [2.24, 2.45) is 0 Å². The number of amides is 2. The molecule has 1 heterocycles. The van der Waals surface area contributed by atoms with Crippen LogP contribution in [0.2, 0.25) is 0 Å². The number of rotatable bonds is 3. The smallest absolute Gasteiger partial charge is 0.319 e. The summed E-state index contributed by atoms with van der Waals surface area (Å²) in [7, 11) is 0. The van der Waals surface area contributed by atoms with Gasteiger partial charge in [-0.1, -0.05) is 22.0 Å². The Labute approximate surface area is 126 Å². The molecule has 0 aliphatic heterocycles. The van der Waals surface area contributed by atoms with Gasteiger partial charge in [0.1, 0.15) is 0 Å². The average molecular weight is 334 g/mol. The number of aromatic nitrogens is 1. The Morgan fingerprint density at radius 3 is 2.75 bits per heavy atom. The van der Waals surface area contributed by atoms with Gasteiger partial charge in [-0.3, -0.25) is 4.98 Å². The molecule has 0 saturated heterocycles. The lowest BCUT2D eigenvalue weighted by Gasteiger charge is -2.14. The summed E-state index contributed by atoms with van der Waals surface area (Å²) < 4.78 is 1.02. The van der Waals surface area contributed by atoms with Crippen molar-refractivity contribution in [2.45, 2.75) is 19.9 Å². The standard InChI is InChI=1S/C15H16BrN3O/c1-10-9-12(6-7-13(10)16)19-15(20)18-11(2)14-5-3-4-8-17-14/h3-9,11H,1-2H3,(H2,18,19,20)/t11-/m0/s1. The summed E-state index contributed by atoms with van der Waals surface area (Å²) in [5.41, 5.74) is 2.66. The summed E-state index contributed by atoms with van der Waals surface area (Å²) in [5, 5.41) is 5.67. The Morgan fingerprint density at radius 2 is 2.10 bits per heavy atom. The van der Waals surface area contributed by atoms with E-state index in [1.807, 2.05) is 50.2 Å². The van der Waals surface area contributed by atoms with Crippen molar-refractivity contribution < 1.29 is 4.79 Å². The number of urea groups is 1. The second kappa shape index (κ2) is 6.52. The van der Waals surface area contributed by atoms with Crippen molar-refractivity contribution in [3.63, 3.8) is 0 Å². The molecule has 0 radical (unpaired) electrons. The number of anilines is 1. The topological polar surface area (TPSA) is 54.0 Å². The number of hydrogen-bond donors (Lipinski definition) is 2. The molecule has 104 valence electrons. The minimum atomic E-state index is -0.245. The molecule has 0 aliphatic rings. The van der Waals surface area contributed by atoms with Gasteiger partial charge in [0, 0.05) is 16.4 Å². The summed E-state index contributed by atoms with van der Waals surface area (Å²) in [4.78, 5) is 16.1. The molecule has 2 N–H and O–H groups in total. The molecule has 0 fully saturated rings. The molecular formula is C15H16BrN3O. The fourth-order valence-corrected chi connectivity index (χ4v) is 2.04. The number of nitrogens with one attached hydrogen (secondary N) is 2. The van der Waals surface area contributed by atoms with Crippen LogP contribution in [-0.4, -0.2) is 11.0 Å². The summed E-state index contributed by atoms with van der Waals surface area (Å²) in [6.07, 6.45) is 1.71. The van der Waals surface area contributed by atoms with Gasteiger partial charge in [0.25, 0.3) is 0 Å². The lowest BCUT2D eigenvalue weighted by Crippen LogP contribution is -2.31. The Morgan fingerprint density at radius 1 is 1.30 bits per heavy atom. The molecular weight excluding hydrogens is 318 g/mol. The van der Waals surface area contributed by atoms with E-state index in [9.17, 15) is 4.79 Å². The molecule has 2 amide bonds. The number of benzene rings is 1. The number of hydrogen-bond acceptors (Lipinski definition) is 2. The van der Waals surface area contributed by atoms with Crippen LogP contribution in [0.15, 0.2) is 47.1 Å². The van der Waals surface area contributed by atoms with Crippen molar-refractivity contribution in [3.05, 3.63) is 58.3 Å². The summed E-state index contributed by atoms with van der Waals surface area (Å²) >= 11 is 3.43. The SMILES string of the molecule is Cc1cc(NC(=O)N[C@@H](C)c2ccccn2)ccc1Br. The largest absolute Gasteiger partial charge is 0.330 e. The van der Waals surface area contributed by atoms with Crippen LogP contribution in [0.25, 0.3) is 0 Å². The van der Waals surface area contributed by atoms with Gasteiger partial charge >= 0.3 is 6.03 Å². The van der Waals surface area contributed by atoms with Crippen LogP contribution in [0.4, 0.5) is 10.5 Å². The van der Waals surface area contributed by atoms with Crippen molar-refractivity contribution in [2.75, 3.05) is 5.32 Å². The second-order valence-electron chi connectivity index (χ2n) is 4.54. The van der Waals surface area contributed by atoms with E-state index in [0.717, 1.165) is 21.4 Å². The lowest BCUT2D eigenvalue weighted by atomic mass is 10.2. The normalized spacial score (nSPS) is 11.8. The highest BCUT2D eigenvalue weighted by molar-refractivity contribution is 9.10. The third-order valence-corrected chi connectivity index (χ3v) is 3.78. The number of carbonyl (C=O) groups is 1. The summed E-state index contributed by atoms with van der Waals surface area (Å²) in [6, 6.07) is 10.9. The first-order valence-corrected chi connectivity index (χ1v) is 7.10. The number of nitrogens with zero attached hydrogens (tertiary/aromatic N) is 1. The van der Waals surface area contributed by atoms with Crippen LogP contribution in [0, 0.1) is 6.92 Å². The second-order valence-corrected chi connectivity index (χ2v) is 5.39. The van der Waals surface area contributed by atoms with Gasteiger partial charge in [-0.05, 0) is 49.7 Å². The predicted octanol–water partition coefficient (Wildman–Crippen LogP) is 4.04. The van der Waals surface area contributed by atoms with Crippen LogP contribution in [-0.2, 0) is 0 Å². The van der Waals surface area contributed by atoms with Gasteiger partial charge in [-0.25, -0.2) is 4.79 Å². The zero-order valence-corrected chi connectivity index (χ0v) is 12.9. The van der Waals surface area contributed by atoms with Gasteiger partial charge in [-0.15, -0.1) is 0 Å². The first-order valence-electron chi connectivity index (χ1n) is 6.31. The maximum Gasteiger partial charge on any atom is 0.319 e. The first-order chi connectivity index (χ1) is 9.56. The van der Waals surface area contributed by atoms with Crippen LogP contribution in [0.3, 0.4) is 0 Å². The molecule has 4 nitrogen and oxygen atoms in total. The van der Waals surface area contributed by atoms with Crippen molar-refractivity contribution in [1.29, 1.82) is 0 Å². The average Bonchev–Trinajstić information content (AvgIpc) is 2.44. The molecule has 1 aromatic heterocycles. The van der Waals surface area contributed by atoms with Crippen LogP contribution in [0.5, 0.6) is 0 Å². The minimum absolute atomic E-state index is 0.146. The van der Waals surface area contributed by atoms with Crippen LogP contribution < -0.4 is 10.6 Å². The lowest BCUT2D eigenvalue weighted by molar-refractivity contribution is 0.249. The van der Waals surface area contributed by atoms with Crippen molar-refractivity contribution in [3.8, 4) is 0 Å². The molecule has 1 aromatic carbocycles. The monoisotopic (exact) mass is 333 g/mol. The van der Waals surface area contributed by atoms with Crippen molar-refractivity contribution in [1.82, 2.24) is 10.3 Å². The first kappa shape index (κ1) is 14.5. The number of halogens is 1. The fourth-order valence-electron chi connectivity index (χ4n) is 1.79. The number of aryl methyl sites for hydroxylation is 1. The maximum atomic E-state index is 11.9. The van der Waals surface area contributed by atoms with E-state index in [4.69, 9.17) is 0 Å². The summed E-state index contributed by atoms with van der Waals surface area (Å²) in [6.45, 7) is 3.87. The molecule has 0 aliphatic carbocycles. The Kier molecular flexibility index (Phi) is 4.74. The van der Waals surface area contributed by atoms with Gasteiger partial charge in [0.05, 0.1) is 11.7 Å². The van der Waals surface area contributed by atoms with Gasteiger partial charge in [0.2, 0.25) is 0 Å². The molecule has 20 heavy (non-hydrogen) atoms. The molecule has 2 aromatic rings. The third kappa shape index (κ3) is 3.81. The Bertz CT molecular complexity index is 601. The van der Waals surface area contributed by atoms with Crippen molar-refractivity contribution >= 4 is 27.6 Å². The maximum absolute atomic E-state index is 11.9. The fraction of sp³-hybridized carbons (Fsp3) is 0.200. The molecule has 1 atom stereocenters. The molecule has 5 heteroatoms. The Balaban J connectivity index is 1.97. The van der Waals surface area contributed by atoms with E-state index < -0.39 is 0 Å². The van der Waals surface area contributed by atoms with Gasteiger partial charge in [-0.2, -0.15) is 0 Å². The van der Waals surface area contributed by atoms with Gasteiger partial charge < -0.3 is 10.6 Å². The predicted molar refractivity (Wildman–Crippen MR) is 83.7 cm³/mol. The van der Waals surface area contributed by atoms with E-state index in [1.165, 1.54) is 0 Å². The van der Waals surface area contributed by atoms with E-state index in [1.54, 1.807) is 6.20 Å². The molecule has 2 rings (SSSR count). The highest BCUT2D eigenvalue weighted by Gasteiger charge is 2.10. The number of pyridine rings is 1. The zero-order chi connectivity index (χ0) is 14.5. The van der Waals surface area contributed by atoms with Gasteiger partial charge in [0.15, 0.2) is 0 Å². The third-order valence-electron chi connectivity index (χ3n) is 2.89. The highest BCUT2D eigenvalue weighted by atomic mass is 79.9. The Hall–Kier alpha value is -1.88. The van der Waals surface area contributed by atoms with E-state index in [2.05, 4.69) is 31.5 Å². The molecule has 0 spiro atoms. The zero-order valence-electron chi connectivity index (χ0n) is 11.4. The molecule has 0 saturated carbocycles. The van der Waals surface area contributed by atoms with E-state index >= 15 is 0 Å². The molecule has 0 bridgehead atoms. The minimum Gasteiger partial charge on any atom is -0.330 e.